The summed E-state index contributed by atoms with van der Waals surface area (Å²) in [6.45, 7) is 3.95. The molecule has 0 fully saturated rings. The van der Waals surface area contributed by atoms with Crippen LogP contribution in [0, 0.1) is 5.92 Å². The molecule has 1 heterocycles. The average Bonchev–Trinajstić information content (AvgIpc) is 3.21. The summed E-state index contributed by atoms with van der Waals surface area (Å²) < 4.78 is 0. The molecule has 0 N–H and O–H groups in total. The van der Waals surface area contributed by atoms with Gasteiger partial charge in [-0.15, -0.1) is 0 Å². The zero-order valence-electron chi connectivity index (χ0n) is 31.0. The van der Waals surface area contributed by atoms with E-state index in [1.807, 2.05) is 141 Å². The van der Waals surface area contributed by atoms with E-state index in [1.165, 1.54) is 0 Å². The Balaban J connectivity index is 1.43. The highest BCUT2D eigenvalue weighted by atomic mass is 16.1. The van der Waals surface area contributed by atoms with Crippen molar-refractivity contribution < 1.29 is 19.2 Å². The standard InChI is InChI=1S/C50H41NO4/c1-33(2)29-40(52)30-39-26-27-43(50(55)44-25-13-21-36-22-14-28-51-49(36)44)48(46(54)32-38-20-10-12-24-42(38)35-17-7-4-8-18-35)47(39)45(53)31-37-19-9-11-23-41(37)34-15-5-3-6-16-34/h3-28,33H,29-32H2,1-2H3. The van der Waals surface area contributed by atoms with E-state index in [0.29, 0.717) is 23.1 Å². The molecule has 1 aromatic heterocycles. The fourth-order valence-corrected chi connectivity index (χ4v) is 7.43. The van der Waals surface area contributed by atoms with Crippen molar-refractivity contribution in [3.8, 4) is 22.3 Å². The lowest BCUT2D eigenvalue weighted by Gasteiger charge is -2.19. The number of pyridine rings is 1. The van der Waals surface area contributed by atoms with Crippen molar-refractivity contribution in [1.29, 1.82) is 0 Å². The molecule has 0 spiro atoms. The second-order valence-corrected chi connectivity index (χ2v) is 14.3. The minimum Gasteiger partial charge on any atom is -0.299 e. The van der Waals surface area contributed by atoms with Gasteiger partial charge >= 0.3 is 0 Å². The molecule has 55 heavy (non-hydrogen) atoms. The van der Waals surface area contributed by atoms with Gasteiger partial charge in [-0.1, -0.05) is 147 Å². The molecular weight excluding hydrogens is 679 g/mol. The molecule has 270 valence electrons. The molecule has 0 aliphatic heterocycles. The quantitative estimate of drug-likeness (QED) is 0.105. The van der Waals surface area contributed by atoms with Crippen molar-refractivity contribution in [2.24, 2.45) is 5.92 Å². The smallest absolute Gasteiger partial charge is 0.195 e. The molecule has 0 aliphatic rings. The maximum absolute atomic E-state index is 15.1. The van der Waals surface area contributed by atoms with Crippen molar-refractivity contribution in [2.45, 2.75) is 39.5 Å². The lowest BCUT2D eigenvalue weighted by Crippen LogP contribution is -2.22. The topological polar surface area (TPSA) is 81.2 Å². The molecule has 7 aromatic rings. The lowest BCUT2D eigenvalue weighted by molar-refractivity contribution is -0.119. The molecule has 5 nitrogen and oxygen atoms in total. The highest BCUT2D eigenvalue weighted by Crippen LogP contribution is 2.32. The Kier molecular flexibility index (Phi) is 11.1. The molecule has 6 aromatic carbocycles. The summed E-state index contributed by atoms with van der Waals surface area (Å²) in [5.74, 6) is -1.06. The normalized spacial score (nSPS) is 11.1. The third-order valence-corrected chi connectivity index (χ3v) is 9.90. The minimum absolute atomic E-state index is 0.0369. The van der Waals surface area contributed by atoms with E-state index < -0.39 is 5.78 Å². The van der Waals surface area contributed by atoms with E-state index in [4.69, 9.17) is 0 Å². The number of fused-ring (bicyclic) bond motifs is 1. The molecule has 0 bridgehead atoms. The summed E-state index contributed by atoms with van der Waals surface area (Å²) in [5.41, 5.74) is 6.78. The summed E-state index contributed by atoms with van der Waals surface area (Å²) >= 11 is 0. The molecule has 0 saturated heterocycles. The first-order valence-corrected chi connectivity index (χ1v) is 18.7. The van der Waals surface area contributed by atoms with Gasteiger partial charge in [0.2, 0.25) is 0 Å². The molecule has 0 radical (unpaired) electrons. The largest absolute Gasteiger partial charge is 0.299 e. The number of hydrogen-bond donors (Lipinski definition) is 0. The molecule has 7 rings (SSSR count). The van der Waals surface area contributed by atoms with Crippen LogP contribution in [0.2, 0.25) is 0 Å². The number of nitrogens with zero attached hydrogens (tertiary/aromatic N) is 1. The van der Waals surface area contributed by atoms with Crippen LogP contribution in [0.1, 0.15) is 73.6 Å². The van der Waals surface area contributed by atoms with E-state index >= 15 is 9.59 Å². The second-order valence-electron chi connectivity index (χ2n) is 14.3. The number of carbonyl (C=O) groups is 4. The van der Waals surface area contributed by atoms with Crippen LogP contribution in [0.5, 0.6) is 0 Å². The molecule has 0 unspecified atom stereocenters. The third kappa shape index (κ3) is 8.17. The van der Waals surface area contributed by atoms with Crippen LogP contribution < -0.4 is 0 Å². The lowest BCUT2D eigenvalue weighted by atomic mass is 9.82. The molecule has 0 amide bonds. The first kappa shape index (κ1) is 36.8. The van der Waals surface area contributed by atoms with Gasteiger partial charge in [-0.05, 0) is 63.1 Å². The summed E-state index contributed by atoms with van der Waals surface area (Å²) in [4.78, 5) is 62.9. The summed E-state index contributed by atoms with van der Waals surface area (Å²) in [7, 11) is 0. The van der Waals surface area contributed by atoms with E-state index in [2.05, 4.69) is 4.98 Å². The molecule has 0 saturated carbocycles. The van der Waals surface area contributed by atoms with Crippen LogP contribution in [0.25, 0.3) is 33.2 Å². The number of para-hydroxylation sites is 1. The Morgan fingerprint density at radius 1 is 0.491 bits per heavy atom. The van der Waals surface area contributed by atoms with Gasteiger partial charge in [-0.2, -0.15) is 0 Å². The molecular formula is C50H41NO4. The predicted molar refractivity (Wildman–Crippen MR) is 220 cm³/mol. The Morgan fingerprint density at radius 3 is 1.64 bits per heavy atom. The maximum Gasteiger partial charge on any atom is 0.195 e. The number of carbonyl (C=O) groups excluding carboxylic acids is 4. The zero-order chi connectivity index (χ0) is 38.3. The van der Waals surface area contributed by atoms with Gasteiger partial charge in [0.15, 0.2) is 17.3 Å². The number of hydrogen-bond acceptors (Lipinski definition) is 5. The van der Waals surface area contributed by atoms with E-state index in [1.54, 1.807) is 30.5 Å². The van der Waals surface area contributed by atoms with Crippen molar-refractivity contribution in [3.05, 3.63) is 197 Å². The van der Waals surface area contributed by atoms with Crippen LogP contribution in [0.15, 0.2) is 158 Å². The summed E-state index contributed by atoms with van der Waals surface area (Å²) in [6.07, 6.45) is 1.81. The Bertz CT molecular complexity index is 2530. The van der Waals surface area contributed by atoms with Gasteiger partial charge in [0.25, 0.3) is 0 Å². The fraction of sp³-hybridized carbons (Fsp3) is 0.140. The van der Waals surface area contributed by atoms with Crippen LogP contribution in [0.3, 0.4) is 0 Å². The van der Waals surface area contributed by atoms with Gasteiger partial charge in [0.1, 0.15) is 5.78 Å². The van der Waals surface area contributed by atoms with Crippen molar-refractivity contribution in [2.75, 3.05) is 0 Å². The Morgan fingerprint density at radius 2 is 1.04 bits per heavy atom. The van der Waals surface area contributed by atoms with Gasteiger partial charge < -0.3 is 0 Å². The Hall–Kier alpha value is -6.59. The highest BCUT2D eigenvalue weighted by molar-refractivity contribution is 6.23. The Labute approximate surface area is 321 Å². The van der Waals surface area contributed by atoms with E-state index in [0.717, 1.165) is 38.8 Å². The number of aromatic nitrogens is 1. The van der Waals surface area contributed by atoms with Gasteiger partial charge in [-0.25, -0.2) is 0 Å². The van der Waals surface area contributed by atoms with Crippen LogP contribution >= 0.6 is 0 Å². The van der Waals surface area contributed by atoms with Crippen molar-refractivity contribution >= 4 is 34.0 Å². The number of rotatable bonds is 14. The van der Waals surface area contributed by atoms with Crippen molar-refractivity contribution in [1.82, 2.24) is 4.98 Å². The molecule has 0 aliphatic carbocycles. The van der Waals surface area contributed by atoms with Gasteiger partial charge in [0.05, 0.1) is 5.52 Å². The SMILES string of the molecule is CC(C)CC(=O)Cc1ccc(C(=O)c2cccc3cccnc23)c(C(=O)Cc2ccccc2-c2ccccc2)c1C(=O)Cc1ccccc1-c1ccccc1. The molecule has 0 atom stereocenters. The van der Waals surface area contributed by atoms with Gasteiger partial charge in [-0.3, -0.25) is 24.2 Å². The fourth-order valence-electron chi connectivity index (χ4n) is 7.43. The monoisotopic (exact) mass is 719 g/mol. The second kappa shape index (κ2) is 16.6. The van der Waals surface area contributed by atoms with Gasteiger partial charge in [0, 0.05) is 59.5 Å². The molecule has 5 heteroatoms. The number of benzene rings is 6. The minimum atomic E-state index is -0.414. The van der Waals surface area contributed by atoms with Crippen LogP contribution in [0.4, 0.5) is 0 Å². The van der Waals surface area contributed by atoms with E-state index in [-0.39, 0.29) is 59.2 Å². The zero-order valence-corrected chi connectivity index (χ0v) is 31.0. The maximum atomic E-state index is 15.1. The number of ketones is 4. The summed E-state index contributed by atoms with van der Waals surface area (Å²) in [5, 5.41) is 0.780. The summed E-state index contributed by atoms with van der Waals surface area (Å²) in [6, 6.07) is 47.5. The number of Topliss-reactive ketones (excluding diaryl/α,β-unsaturated/α-hetero) is 3. The predicted octanol–water partition coefficient (Wildman–Crippen LogP) is 10.8. The van der Waals surface area contributed by atoms with Crippen molar-refractivity contribution in [3.63, 3.8) is 0 Å². The van der Waals surface area contributed by atoms with Crippen LogP contribution in [-0.2, 0) is 24.1 Å². The first-order chi connectivity index (χ1) is 26.8. The van der Waals surface area contributed by atoms with Crippen LogP contribution in [-0.4, -0.2) is 28.1 Å². The third-order valence-electron chi connectivity index (χ3n) is 9.90. The average molecular weight is 720 g/mol. The first-order valence-electron chi connectivity index (χ1n) is 18.7. The highest BCUT2D eigenvalue weighted by Gasteiger charge is 2.30. The van der Waals surface area contributed by atoms with E-state index in [9.17, 15) is 9.59 Å².